The molecule has 1 heterocycles. The lowest BCUT2D eigenvalue weighted by Crippen LogP contribution is -2.51. The molecule has 0 aliphatic heterocycles. The lowest BCUT2D eigenvalue weighted by molar-refractivity contribution is -0.140. The van der Waals surface area contributed by atoms with E-state index >= 15 is 0 Å². The fraction of sp³-hybridized carbons (Fsp3) is 0.643. The van der Waals surface area contributed by atoms with Crippen LogP contribution < -0.4 is 0 Å². The molecule has 1 fully saturated rings. The van der Waals surface area contributed by atoms with Crippen molar-refractivity contribution in [3.8, 4) is 0 Å². The van der Waals surface area contributed by atoms with E-state index in [9.17, 15) is 18.3 Å². The summed E-state index contributed by atoms with van der Waals surface area (Å²) in [5, 5.41) is 9.20. The Morgan fingerprint density at radius 1 is 1.33 bits per heavy atom. The van der Waals surface area contributed by atoms with Crippen LogP contribution in [-0.4, -0.2) is 36.4 Å². The summed E-state index contributed by atoms with van der Waals surface area (Å²) >= 11 is 1.23. The third-order valence-corrected chi connectivity index (χ3v) is 7.69. The summed E-state index contributed by atoms with van der Waals surface area (Å²) in [6, 6.07) is 3.37. The highest BCUT2D eigenvalue weighted by Gasteiger charge is 2.44. The smallest absolute Gasteiger partial charge is 0.305 e. The monoisotopic (exact) mass is 331 g/mol. The SMILES string of the molecule is Cc1ccc(S(=O)(=O)N(C)C2(CC(=O)O)CCCCC2)s1. The van der Waals surface area contributed by atoms with Crippen LogP contribution in [0.4, 0.5) is 0 Å². The minimum atomic E-state index is -3.63. The average Bonchev–Trinajstić information content (AvgIpc) is 2.85. The highest BCUT2D eigenvalue weighted by molar-refractivity contribution is 7.91. The molecule has 0 saturated heterocycles. The third kappa shape index (κ3) is 3.30. The maximum atomic E-state index is 12.8. The van der Waals surface area contributed by atoms with Crippen molar-refractivity contribution >= 4 is 27.3 Å². The first kappa shape index (κ1) is 16.5. The molecule has 21 heavy (non-hydrogen) atoms. The molecule has 2 rings (SSSR count). The molecular weight excluding hydrogens is 310 g/mol. The lowest BCUT2D eigenvalue weighted by atomic mass is 9.79. The van der Waals surface area contributed by atoms with Gasteiger partial charge in [-0.15, -0.1) is 11.3 Å². The quantitative estimate of drug-likeness (QED) is 0.900. The molecule has 1 aliphatic carbocycles. The van der Waals surface area contributed by atoms with E-state index in [0.29, 0.717) is 12.8 Å². The summed E-state index contributed by atoms with van der Waals surface area (Å²) in [5.74, 6) is -0.943. The Kier molecular flexibility index (Phi) is 4.75. The molecule has 0 spiro atoms. The molecular formula is C14H21NO4S2. The van der Waals surface area contributed by atoms with E-state index < -0.39 is 21.5 Å². The standard InChI is InChI=1S/C14H21NO4S2/c1-11-6-7-13(20-11)21(18,19)15(2)14(10-12(16)17)8-4-3-5-9-14/h6-7H,3-5,8-10H2,1-2H3,(H,16,17). The zero-order valence-corrected chi connectivity index (χ0v) is 14.0. The molecule has 1 saturated carbocycles. The number of carbonyl (C=O) groups is 1. The van der Waals surface area contributed by atoms with Crippen LogP contribution in [0.25, 0.3) is 0 Å². The topological polar surface area (TPSA) is 74.7 Å². The van der Waals surface area contributed by atoms with Crippen molar-refractivity contribution in [1.29, 1.82) is 0 Å². The molecule has 1 N–H and O–H groups in total. The second-order valence-corrected chi connectivity index (χ2v) is 9.18. The molecule has 5 nitrogen and oxygen atoms in total. The summed E-state index contributed by atoms with van der Waals surface area (Å²) in [7, 11) is -2.11. The van der Waals surface area contributed by atoms with Crippen LogP contribution in [0, 0.1) is 6.92 Å². The molecule has 1 aliphatic rings. The molecule has 0 aromatic carbocycles. The predicted octanol–water partition coefficient (Wildman–Crippen LogP) is 2.85. The van der Waals surface area contributed by atoms with E-state index in [4.69, 9.17) is 0 Å². The number of nitrogens with zero attached hydrogens (tertiary/aromatic N) is 1. The summed E-state index contributed by atoms with van der Waals surface area (Å²) in [5.41, 5.74) is -0.791. The van der Waals surface area contributed by atoms with E-state index in [0.717, 1.165) is 24.1 Å². The number of carboxylic acid groups (broad SMARTS) is 1. The van der Waals surface area contributed by atoms with Gasteiger partial charge in [-0.25, -0.2) is 8.42 Å². The molecule has 0 amide bonds. The second kappa shape index (κ2) is 6.06. The number of rotatable bonds is 5. The Balaban J connectivity index is 2.37. The molecule has 1 aromatic rings. The fourth-order valence-corrected chi connectivity index (χ4v) is 6.04. The Bertz CT molecular complexity index is 615. The zero-order valence-electron chi connectivity index (χ0n) is 12.3. The maximum absolute atomic E-state index is 12.8. The van der Waals surface area contributed by atoms with E-state index in [1.807, 2.05) is 6.92 Å². The summed E-state index contributed by atoms with van der Waals surface area (Å²) < 4.78 is 27.2. The van der Waals surface area contributed by atoms with Gasteiger partial charge in [0, 0.05) is 17.5 Å². The van der Waals surface area contributed by atoms with Crippen LogP contribution in [0.1, 0.15) is 43.4 Å². The molecule has 0 atom stereocenters. The number of carboxylic acids is 1. The lowest BCUT2D eigenvalue weighted by Gasteiger charge is -2.42. The Labute approximate surface area is 129 Å². The van der Waals surface area contributed by atoms with E-state index in [2.05, 4.69) is 0 Å². The molecule has 0 bridgehead atoms. The van der Waals surface area contributed by atoms with Crippen molar-refractivity contribution in [3.63, 3.8) is 0 Å². The van der Waals surface area contributed by atoms with Crippen LogP contribution in [0.15, 0.2) is 16.3 Å². The fourth-order valence-electron chi connectivity index (χ4n) is 3.04. The van der Waals surface area contributed by atoms with Crippen molar-refractivity contribution in [2.45, 2.75) is 55.2 Å². The first-order valence-corrected chi connectivity index (χ1v) is 9.31. The Morgan fingerprint density at radius 3 is 2.43 bits per heavy atom. The first-order chi connectivity index (χ1) is 9.78. The van der Waals surface area contributed by atoms with Crippen molar-refractivity contribution in [1.82, 2.24) is 4.31 Å². The zero-order chi connectivity index (χ0) is 15.7. The second-order valence-electron chi connectivity index (χ2n) is 5.69. The third-order valence-electron chi connectivity index (χ3n) is 4.26. The normalized spacial score (nSPS) is 18.8. The Morgan fingerprint density at radius 2 is 1.95 bits per heavy atom. The minimum absolute atomic E-state index is 0.132. The molecule has 0 radical (unpaired) electrons. The van der Waals surface area contributed by atoms with Gasteiger partial charge >= 0.3 is 5.97 Å². The number of hydrogen-bond acceptors (Lipinski definition) is 4. The number of aliphatic carboxylic acids is 1. The molecule has 7 heteroatoms. The number of sulfonamides is 1. The average molecular weight is 331 g/mol. The van der Waals surface area contributed by atoms with Crippen molar-refractivity contribution in [3.05, 3.63) is 17.0 Å². The maximum Gasteiger partial charge on any atom is 0.305 e. The van der Waals surface area contributed by atoms with E-state index in [1.54, 1.807) is 12.1 Å². The van der Waals surface area contributed by atoms with Crippen LogP contribution in [0.2, 0.25) is 0 Å². The van der Waals surface area contributed by atoms with Gasteiger partial charge in [-0.3, -0.25) is 4.79 Å². The Hall–Kier alpha value is -0.920. The van der Waals surface area contributed by atoms with E-state index in [1.165, 1.54) is 22.7 Å². The largest absolute Gasteiger partial charge is 0.481 e. The number of thiophene rings is 1. The van der Waals surface area contributed by atoms with Gasteiger partial charge in [0.05, 0.1) is 6.42 Å². The highest BCUT2D eigenvalue weighted by Crippen LogP contribution is 2.39. The van der Waals surface area contributed by atoms with Gasteiger partial charge in [0.1, 0.15) is 4.21 Å². The summed E-state index contributed by atoms with van der Waals surface area (Å²) in [6.45, 7) is 1.86. The van der Waals surface area contributed by atoms with Gasteiger partial charge in [0.2, 0.25) is 0 Å². The van der Waals surface area contributed by atoms with Crippen LogP contribution >= 0.6 is 11.3 Å². The van der Waals surface area contributed by atoms with Gasteiger partial charge in [0.25, 0.3) is 10.0 Å². The van der Waals surface area contributed by atoms with E-state index in [-0.39, 0.29) is 10.6 Å². The van der Waals surface area contributed by atoms with Crippen LogP contribution in [0.5, 0.6) is 0 Å². The molecule has 1 aromatic heterocycles. The highest BCUT2D eigenvalue weighted by atomic mass is 32.2. The van der Waals surface area contributed by atoms with Gasteiger partial charge in [0.15, 0.2) is 0 Å². The summed E-state index contributed by atoms with van der Waals surface area (Å²) in [6.07, 6.45) is 3.87. The predicted molar refractivity (Wildman–Crippen MR) is 82.1 cm³/mol. The number of aryl methyl sites for hydroxylation is 1. The minimum Gasteiger partial charge on any atom is -0.481 e. The van der Waals surface area contributed by atoms with Crippen molar-refractivity contribution < 1.29 is 18.3 Å². The van der Waals surface area contributed by atoms with Gasteiger partial charge in [-0.2, -0.15) is 4.31 Å². The summed E-state index contributed by atoms with van der Waals surface area (Å²) in [4.78, 5) is 12.2. The van der Waals surface area contributed by atoms with Gasteiger partial charge < -0.3 is 5.11 Å². The van der Waals surface area contributed by atoms with Gasteiger partial charge in [-0.05, 0) is 31.9 Å². The number of hydrogen-bond donors (Lipinski definition) is 1. The van der Waals surface area contributed by atoms with Crippen LogP contribution in [-0.2, 0) is 14.8 Å². The molecule has 118 valence electrons. The van der Waals surface area contributed by atoms with Crippen LogP contribution in [0.3, 0.4) is 0 Å². The van der Waals surface area contributed by atoms with Crippen molar-refractivity contribution in [2.24, 2.45) is 0 Å². The first-order valence-electron chi connectivity index (χ1n) is 7.05. The van der Waals surface area contributed by atoms with Crippen molar-refractivity contribution in [2.75, 3.05) is 7.05 Å². The molecule has 0 unspecified atom stereocenters. The van der Waals surface area contributed by atoms with Gasteiger partial charge in [-0.1, -0.05) is 19.3 Å².